The van der Waals surface area contributed by atoms with Crippen molar-refractivity contribution >= 4 is 34.1 Å². The number of imidazole rings is 1. The fourth-order valence-corrected chi connectivity index (χ4v) is 2.91. The molecule has 31 heavy (non-hydrogen) atoms. The molecule has 0 unspecified atom stereocenters. The van der Waals surface area contributed by atoms with Crippen LogP contribution in [0.25, 0.3) is 16.6 Å². The molecule has 0 bridgehead atoms. The Hall–Kier alpha value is -4.03. The molecule has 0 aliphatic carbocycles. The molecule has 4 heterocycles. The van der Waals surface area contributed by atoms with E-state index in [0.717, 1.165) is 16.8 Å². The van der Waals surface area contributed by atoms with Gasteiger partial charge in [0.2, 0.25) is 5.91 Å². The van der Waals surface area contributed by atoms with Gasteiger partial charge >= 0.3 is 6.18 Å². The Kier molecular flexibility index (Phi) is 4.79. The quantitative estimate of drug-likeness (QED) is 0.521. The number of rotatable bonds is 4. The first-order chi connectivity index (χ1) is 14.6. The second-order valence-corrected chi connectivity index (χ2v) is 6.77. The highest BCUT2D eigenvalue weighted by Gasteiger charge is 2.33. The van der Waals surface area contributed by atoms with Crippen molar-refractivity contribution in [2.75, 3.05) is 24.3 Å². The number of carbonyl (C=O) groups excluding carboxylic acids is 1. The zero-order chi connectivity index (χ0) is 22.3. The van der Waals surface area contributed by atoms with Crippen LogP contribution in [0.1, 0.15) is 5.69 Å². The number of carbonyl (C=O) groups is 1. The largest absolute Gasteiger partial charge is 0.433 e. The zero-order valence-corrected chi connectivity index (χ0v) is 16.3. The summed E-state index contributed by atoms with van der Waals surface area (Å²) < 4.78 is 41.5. The molecule has 160 valence electrons. The highest BCUT2D eigenvalue weighted by Crippen LogP contribution is 2.30. The summed E-state index contributed by atoms with van der Waals surface area (Å²) in [6.45, 7) is -0.472. The second-order valence-electron chi connectivity index (χ2n) is 6.77. The number of hydrogen-bond acceptors (Lipinski definition) is 7. The van der Waals surface area contributed by atoms with Gasteiger partial charge < -0.3 is 10.2 Å². The Morgan fingerprint density at radius 3 is 2.65 bits per heavy atom. The SMILES string of the molecule is CN(C)c1nn(CC(=O)Nc2ccc3nccn3n2)c(=O)c2ccc(C(F)(F)F)nc12. The van der Waals surface area contributed by atoms with Gasteiger partial charge in [0, 0.05) is 26.5 Å². The summed E-state index contributed by atoms with van der Waals surface area (Å²) in [5.41, 5.74) is -1.49. The normalized spacial score (nSPS) is 11.8. The maximum atomic E-state index is 13.0. The van der Waals surface area contributed by atoms with Gasteiger partial charge in [-0.25, -0.2) is 19.2 Å². The number of fused-ring (bicyclic) bond motifs is 2. The van der Waals surface area contributed by atoms with Crippen LogP contribution in [-0.2, 0) is 17.5 Å². The van der Waals surface area contributed by atoms with Crippen molar-refractivity contribution in [3.05, 3.63) is 52.7 Å². The van der Waals surface area contributed by atoms with Crippen molar-refractivity contribution in [2.24, 2.45) is 0 Å². The smallest absolute Gasteiger partial charge is 0.359 e. The van der Waals surface area contributed by atoms with Crippen molar-refractivity contribution in [1.29, 1.82) is 0 Å². The molecule has 4 aromatic heterocycles. The van der Waals surface area contributed by atoms with Crippen LogP contribution in [-0.4, -0.2) is 49.4 Å². The molecule has 0 saturated carbocycles. The number of alkyl halides is 3. The third-order valence-electron chi connectivity index (χ3n) is 4.32. The number of halogens is 3. The molecule has 1 N–H and O–H groups in total. The lowest BCUT2D eigenvalue weighted by Gasteiger charge is -2.16. The van der Waals surface area contributed by atoms with Crippen molar-refractivity contribution < 1.29 is 18.0 Å². The maximum absolute atomic E-state index is 13.0. The molecule has 0 radical (unpaired) electrons. The fraction of sp³-hybridized carbons (Fsp3) is 0.222. The lowest BCUT2D eigenvalue weighted by Crippen LogP contribution is -2.32. The van der Waals surface area contributed by atoms with Crippen molar-refractivity contribution in [3.8, 4) is 0 Å². The number of anilines is 2. The van der Waals surface area contributed by atoms with E-state index in [4.69, 9.17) is 0 Å². The van der Waals surface area contributed by atoms with E-state index in [2.05, 4.69) is 25.5 Å². The van der Waals surface area contributed by atoms with Gasteiger partial charge in [-0.3, -0.25) is 9.59 Å². The van der Waals surface area contributed by atoms with E-state index < -0.39 is 29.9 Å². The molecule has 0 aromatic carbocycles. The van der Waals surface area contributed by atoms with Crippen LogP contribution in [0.4, 0.5) is 24.8 Å². The third-order valence-corrected chi connectivity index (χ3v) is 4.32. The zero-order valence-electron chi connectivity index (χ0n) is 16.3. The minimum absolute atomic E-state index is 0.0199. The molecule has 4 aromatic rings. The van der Waals surface area contributed by atoms with Gasteiger partial charge in [0.1, 0.15) is 17.8 Å². The topological polar surface area (TPSA) is 110 Å². The lowest BCUT2D eigenvalue weighted by molar-refractivity contribution is -0.141. The number of amides is 1. The van der Waals surface area contributed by atoms with Crippen LogP contribution in [0.5, 0.6) is 0 Å². The standard InChI is InChI=1S/C18H15F3N8O2/c1-27(2)16-15-10(3-4-11(23-15)18(19,20)21)17(31)29(26-16)9-14(30)24-12-5-6-13-22-7-8-28(13)25-12/h3-8H,9H2,1-2H3,(H,24,25,30). The average molecular weight is 432 g/mol. The minimum atomic E-state index is -4.67. The molecule has 0 aliphatic heterocycles. The number of aromatic nitrogens is 6. The summed E-state index contributed by atoms with van der Waals surface area (Å²) in [7, 11) is 3.09. The summed E-state index contributed by atoms with van der Waals surface area (Å²) in [5, 5.41) is 10.7. The Labute approximate surface area is 171 Å². The van der Waals surface area contributed by atoms with Crippen LogP contribution in [0.15, 0.2) is 41.5 Å². The molecule has 1 amide bonds. The first kappa shape index (κ1) is 20.3. The van der Waals surface area contributed by atoms with Crippen molar-refractivity contribution in [3.63, 3.8) is 0 Å². The van der Waals surface area contributed by atoms with Crippen LogP contribution < -0.4 is 15.8 Å². The Bertz CT molecular complexity index is 1360. The predicted octanol–water partition coefficient (Wildman–Crippen LogP) is 1.56. The third kappa shape index (κ3) is 3.89. The average Bonchev–Trinajstić information content (AvgIpc) is 3.16. The van der Waals surface area contributed by atoms with E-state index in [1.54, 1.807) is 38.6 Å². The van der Waals surface area contributed by atoms with Gasteiger partial charge in [-0.15, -0.1) is 10.2 Å². The van der Waals surface area contributed by atoms with Gasteiger partial charge in [-0.05, 0) is 24.3 Å². The van der Waals surface area contributed by atoms with E-state index in [1.165, 1.54) is 9.42 Å². The Morgan fingerprint density at radius 2 is 1.94 bits per heavy atom. The van der Waals surface area contributed by atoms with Crippen LogP contribution in [0, 0.1) is 0 Å². The van der Waals surface area contributed by atoms with Gasteiger partial charge in [-0.1, -0.05) is 0 Å². The van der Waals surface area contributed by atoms with Gasteiger partial charge in [0.05, 0.1) is 5.39 Å². The molecular formula is C18H15F3N8O2. The summed E-state index contributed by atoms with van der Waals surface area (Å²) in [6.07, 6.45) is -1.52. The summed E-state index contributed by atoms with van der Waals surface area (Å²) in [4.78, 5) is 34.2. The maximum Gasteiger partial charge on any atom is 0.433 e. The molecule has 0 spiro atoms. The Balaban J connectivity index is 1.68. The molecule has 10 nitrogen and oxygen atoms in total. The summed E-state index contributed by atoms with van der Waals surface area (Å²) in [6, 6.07) is 4.95. The highest BCUT2D eigenvalue weighted by molar-refractivity contribution is 5.91. The molecule has 0 atom stereocenters. The van der Waals surface area contributed by atoms with Crippen LogP contribution in [0.2, 0.25) is 0 Å². The number of nitrogens with one attached hydrogen (secondary N) is 1. The molecule has 0 fully saturated rings. The second kappa shape index (κ2) is 7.34. The molecule has 0 aliphatic rings. The molecule has 4 rings (SSSR count). The first-order valence-corrected chi connectivity index (χ1v) is 8.90. The molecule has 13 heteroatoms. The molecular weight excluding hydrogens is 417 g/mol. The van der Waals surface area contributed by atoms with Gasteiger partial charge in [-0.2, -0.15) is 13.2 Å². The van der Waals surface area contributed by atoms with E-state index in [9.17, 15) is 22.8 Å². The minimum Gasteiger partial charge on any atom is -0.359 e. The number of nitrogens with zero attached hydrogens (tertiary/aromatic N) is 7. The van der Waals surface area contributed by atoms with Gasteiger partial charge in [0.15, 0.2) is 17.3 Å². The van der Waals surface area contributed by atoms with E-state index >= 15 is 0 Å². The van der Waals surface area contributed by atoms with Crippen LogP contribution in [0.3, 0.4) is 0 Å². The van der Waals surface area contributed by atoms with E-state index in [-0.39, 0.29) is 22.5 Å². The molecule has 0 saturated heterocycles. The lowest BCUT2D eigenvalue weighted by atomic mass is 10.2. The summed E-state index contributed by atoms with van der Waals surface area (Å²) in [5.74, 6) is -0.342. The van der Waals surface area contributed by atoms with Crippen molar-refractivity contribution in [1.82, 2.24) is 29.4 Å². The highest BCUT2D eigenvalue weighted by atomic mass is 19.4. The number of hydrogen-bond donors (Lipinski definition) is 1. The Morgan fingerprint density at radius 1 is 1.16 bits per heavy atom. The monoisotopic (exact) mass is 432 g/mol. The first-order valence-electron chi connectivity index (χ1n) is 8.90. The van der Waals surface area contributed by atoms with E-state index in [0.29, 0.717) is 5.65 Å². The summed E-state index contributed by atoms with van der Waals surface area (Å²) >= 11 is 0. The van der Waals surface area contributed by atoms with Crippen molar-refractivity contribution in [2.45, 2.75) is 12.7 Å². The van der Waals surface area contributed by atoms with Gasteiger partial charge in [0.25, 0.3) is 5.56 Å². The van der Waals surface area contributed by atoms with E-state index in [1.807, 2.05) is 0 Å². The van der Waals surface area contributed by atoms with Crippen LogP contribution >= 0.6 is 0 Å². The fourth-order valence-electron chi connectivity index (χ4n) is 2.91. The number of pyridine rings is 1. The predicted molar refractivity (Wildman–Crippen MR) is 105 cm³/mol.